The molecule has 0 radical (unpaired) electrons. The van der Waals surface area contributed by atoms with Gasteiger partial charge in [-0.25, -0.2) is 0 Å². The average Bonchev–Trinajstić information content (AvgIpc) is 2.41. The highest BCUT2D eigenvalue weighted by Crippen LogP contribution is 2.09. The lowest BCUT2D eigenvalue weighted by atomic mass is 10.0. The molecule has 2 unspecified atom stereocenters. The highest BCUT2D eigenvalue weighted by atomic mass is 32.2. The number of methoxy groups -OCH3 is 1. The van der Waals surface area contributed by atoms with E-state index in [9.17, 15) is 18.0 Å². The molecule has 0 rings (SSSR count). The van der Waals surface area contributed by atoms with Crippen LogP contribution in [-0.4, -0.2) is 43.2 Å². The van der Waals surface area contributed by atoms with Crippen molar-refractivity contribution in [2.24, 2.45) is 11.8 Å². The number of hydrogen-bond donors (Lipinski definition) is 2. The van der Waals surface area contributed by atoms with E-state index >= 15 is 0 Å². The number of ether oxygens (including phenoxy) is 1. The Morgan fingerprint density at radius 2 is 1.57 bits per heavy atom. The number of carbonyl (C=O) groups excluding carboxylic acids is 2. The Bertz CT molecular complexity index is 472. The molecule has 0 saturated heterocycles. The van der Waals surface area contributed by atoms with E-state index in [1.165, 1.54) is 7.11 Å². The fourth-order valence-corrected chi connectivity index (χ4v) is 2.49. The van der Waals surface area contributed by atoms with Crippen LogP contribution in [0, 0.1) is 11.8 Å². The normalized spacial score (nSPS) is 14.1. The molecule has 0 aromatic rings. The van der Waals surface area contributed by atoms with Gasteiger partial charge in [0.05, 0.1) is 24.3 Å². The van der Waals surface area contributed by atoms with Crippen LogP contribution in [0.4, 0.5) is 0 Å². The summed E-state index contributed by atoms with van der Waals surface area (Å²) < 4.78 is 34.5. The van der Waals surface area contributed by atoms with Gasteiger partial charge in [-0.2, -0.15) is 8.42 Å². The molecule has 138 valence electrons. The molecule has 1 amide bonds. The smallest absolute Gasteiger partial charge is 0.308 e. The SMILES string of the molecule is CCC(C)C(=O)NC(C)(C)CS(=O)(=O)O.CCC(C)C(=O)OC. The van der Waals surface area contributed by atoms with E-state index in [0.717, 1.165) is 6.42 Å². The summed E-state index contributed by atoms with van der Waals surface area (Å²) in [5.41, 5.74) is -0.950. The number of carbonyl (C=O) groups is 2. The minimum absolute atomic E-state index is 0.0556. The van der Waals surface area contributed by atoms with Crippen LogP contribution >= 0.6 is 0 Å². The number of esters is 1. The Hall–Kier alpha value is -1.15. The maximum absolute atomic E-state index is 11.5. The molecule has 0 aromatic heterocycles. The van der Waals surface area contributed by atoms with Crippen molar-refractivity contribution in [2.45, 2.75) is 59.9 Å². The van der Waals surface area contributed by atoms with Gasteiger partial charge >= 0.3 is 5.97 Å². The second-order valence-corrected chi connectivity index (χ2v) is 7.69. The molecule has 0 aliphatic rings. The highest BCUT2D eigenvalue weighted by Gasteiger charge is 2.27. The fourth-order valence-electron chi connectivity index (χ4n) is 1.50. The molecule has 0 bridgehead atoms. The van der Waals surface area contributed by atoms with Crippen LogP contribution in [0.2, 0.25) is 0 Å². The molecule has 2 atom stereocenters. The lowest BCUT2D eigenvalue weighted by molar-refractivity contribution is -0.144. The third-order valence-electron chi connectivity index (χ3n) is 3.28. The first kappa shape index (κ1) is 24.1. The lowest BCUT2D eigenvalue weighted by Crippen LogP contribution is -2.49. The van der Waals surface area contributed by atoms with Gasteiger partial charge in [0.2, 0.25) is 5.91 Å². The van der Waals surface area contributed by atoms with Gasteiger partial charge in [0.1, 0.15) is 0 Å². The standard InChI is InChI=1S/C9H19NO4S.C6H12O2/c1-5-7(2)8(11)10-9(3,4)6-15(12,13)14;1-4-5(2)6(7)8-3/h7H,5-6H2,1-4H3,(H,10,11)(H,12,13,14);5H,4H2,1-3H3. The molecule has 23 heavy (non-hydrogen) atoms. The molecule has 8 heteroatoms. The molecular weight excluding hydrogens is 322 g/mol. The monoisotopic (exact) mass is 353 g/mol. The summed E-state index contributed by atoms with van der Waals surface area (Å²) in [6.45, 7) is 10.6. The van der Waals surface area contributed by atoms with Crippen LogP contribution in [-0.2, 0) is 24.4 Å². The number of hydrogen-bond acceptors (Lipinski definition) is 5. The summed E-state index contributed by atoms with van der Waals surface area (Å²) in [6, 6.07) is 0. The maximum atomic E-state index is 11.5. The quantitative estimate of drug-likeness (QED) is 0.535. The van der Waals surface area contributed by atoms with Gasteiger partial charge in [0, 0.05) is 5.92 Å². The van der Waals surface area contributed by atoms with Crippen molar-refractivity contribution in [3.05, 3.63) is 0 Å². The van der Waals surface area contributed by atoms with Crippen molar-refractivity contribution in [2.75, 3.05) is 12.9 Å². The summed E-state index contributed by atoms with van der Waals surface area (Å²) in [5, 5.41) is 2.59. The first-order valence-corrected chi connectivity index (χ1v) is 9.25. The van der Waals surface area contributed by atoms with Crippen LogP contribution in [0.5, 0.6) is 0 Å². The third-order valence-corrected chi connectivity index (χ3v) is 4.37. The van der Waals surface area contributed by atoms with Gasteiger partial charge in [-0.05, 0) is 26.7 Å². The van der Waals surface area contributed by atoms with E-state index in [-0.39, 0.29) is 23.7 Å². The van der Waals surface area contributed by atoms with E-state index in [4.69, 9.17) is 4.55 Å². The molecule has 0 aliphatic heterocycles. The zero-order chi connectivity index (χ0) is 18.8. The zero-order valence-electron chi connectivity index (χ0n) is 15.2. The minimum Gasteiger partial charge on any atom is -0.469 e. The van der Waals surface area contributed by atoms with Crippen LogP contribution < -0.4 is 5.32 Å². The highest BCUT2D eigenvalue weighted by molar-refractivity contribution is 7.85. The molecule has 0 saturated carbocycles. The summed E-state index contributed by atoms with van der Waals surface area (Å²) in [7, 11) is -2.66. The average molecular weight is 353 g/mol. The molecular formula is C15H31NO6S. The van der Waals surface area contributed by atoms with Crippen LogP contribution in [0.3, 0.4) is 0 Å². The number of rotatable bonds is 7. The zero-order valence-corrected chi connectivity index (χ0v) is 16.0. The van der Waals surface area contributed by atoms with Crippen molar-refractivity contribution in [3.8, 4) is 0 Å². The largest absolute Gasteiger partial charge is 0.469 e. The molecule has 2 N–H and O–H groups in total. The minimum atomic E-state index is -4.07. The van der Waals surface area contributed by atoms with Crippen molar-refractivity contribution >= 4 is 22.0 Å². The Morgan fingerprint density at radius 1 is 1.13 bits per heavy atom. The van der Waals surface area contributed by atoms with Crippen LogP contribution in [0.1, 0.15) is 54.4 Å². The van der Waals surface area contributed by atoms with Crippen molar-refractivity contribution in [1.29, 1.82) is 0 Å². The van der Waals surface area contributed by atoms with E-state index < -0.39 is 21.4 Å². The number of nitrogens with one attached hydrogen (secondary N) is 1. The molecule has 0 heterocycles. The summed E-state index contributed by atoms with van der Waals surface area (Å²) in [6.07, 6.45) is 1.54. The van der Waals surface area contributed by atoms with E-state index in [1.807, 2.05) is 20.8 Å². The molecule has 0 spiro atoms. The molecule has 0 fully saturated rings. The Kier molecular flexibility index (Phi) is 11.1. The van der Waals surface area contributed by atoms with Gasteiger partial charge < -0.3 is 10.1 Å². The second-order valence-electron chi connectivity index (χ2n) is 6.24. The Labute approximate surface area is 139 Å². The van der Waals surface area contributed by atoms with E-state index in [2.05, 4.69) is 10.1 Å². The summed E-state index contributed by atoms with van der Waals surface area (Å²) in [5.74, 6) is -0.911. The number of amides is 1. The van der Waals surface area contributed by atoms with Crippen molar-refractivity contribution < 1.29 is 27.3 Å². The maximum Gasteiger partial charge on any atom is 0.308 e. The van der Waals surface area contributed by atoms with Crippen LogP contribution in [0.15, 0.2) is 0 Å². The van der Waals surface area contributed by atoms with Gasteiger partial charge in [-0.15, -0.1) is 0 Å². The van der Waals surface area contributed by atoms with Crippen LogP contribution in [0.25, 0.3) is 0 Å². The van der Waals surface area contributed by atoms with Gasteiger partial charge in [0.15, 0.2) is 0 Å². The first-order chi connectivity index (χ1) is 10.3. The topological polar surface area (TPSA) is 110 Å². The predicted molar refractivity (Wildman–Crippen MR) is 89.6 cm³/mol. The van der Waals surface area contributed by atoms with Gasteiger partial charge in [-0.1, -0.05) is 27.7 Å². The van der Waals surface area contributed by atoms with E-state index in [1.54, 1.807) is 20.8 Å². The molecule has 0 aromatic carbocycles. The van der Waals surface area contributed by atoms with E-state index in [0.29, 0.717) is 6.42 Å². The van der Waals surface area contributed by atoms with Crippen molar-refractivity contribution in [1.82, 2.24) is 5.32 Å². The van der Waals surface area contributed by atoms with Crippen molar-refractivity contribution in [3.63, 3.8) is 0 Å². The lowest BCUT2D eigenvalue weighted by Gasteiger charge is -2.26. The summed E-state index contributed by atoms with van der Waals surface area (Å²) >= 11 is 0. The Balaban J connectivity index is 0. The Morgan fingerprint density at radius 3 is 1.83 bits per heavy atom. The third kappa shape index (κ3) is 13.0. The first-order valence-electron chi connectivity index (χ1n) is 7.64. The molecule has 7 nitrogen and oxygen atoms in total. The van der Waals surface area contributed by atoms with Gasteiger partial charge in [-0.3, -0.25) is 14.1 Å². The fraction of sp³-hybridized carbons (Fsp3) is 0.867. The molecule has 0 aliphatic carbocycles. The van der Waals surface area contributed by atoms with Gasteiger partial charge in [0.25, 0.3) is 10.1 Å². The second kappa shape index (κ2) is 10.6. The summed E-state index contributed by atoms with van der Waals surface area (Å²) in [4.78, 5) is 22.0. The predicted octanol–water partition coefficient (Wildman–Crippen LogP) is 2.02.